The molecule has 1 aliphatic rings. The van der Waals surface area contributed by atoms with Crippen LogP contribution in [0.3, 0.4) is 0 Å². The largest absolute Gasteiger partial charge is 0.494 e. The van der Waals surface area contributed by atoms with Gasteiger partial charge in [-0.15, -0.1) is 0 Å². The van der Waals surface area contributed by atoms with Crippen molar-refractivity contribution in [2.75, 3.05) is 46.8 Å². The van der Waals surface area contributed by atoms with Crippen LogP contribution in [0.2, 0.25) is 0 Å². The highest BCUT2D eigenvalue weighted by atomic mass is 31.2. The number of phosphoric ester groups is 1. The number of ether oxygens (including phenoxy) is 4. The second-order valence-electron chi connectivity index (χ2n) is 8.23. The van der Waals surface area contributed by atoms with E-state index in [0.717, 1.165) is 16.9 Å². The molecule has 1 unspecified atom stereocenters. The fourth-order valence-electron chi connectivity index (χ4n) is 3.63. The number of nitrogens with zero attached hydrogens (tertiary/aromatic N) is 1. The van der Waals surface area contributed by atoms with E-state index in [0.29, 0.717) is 32.0 Å². The summed E-state index contributed by atoms with van der Waals surface area (Å²) >= 11 is 0. The molecule has 3 rings (SSSR count). The summed E-state index contributed by atoms with van der Waals surface area (Å²) in [6.45, 7) is 6.27. The van der Waals surface area contributed by atoms with Crippen molar-refractivity contribution in [3.8, 4) is 11.5 Å². The monoisotopic (exact) mass is 539 g/mol. The average Bonchev–Trinajstić information content (AvgIpc) is 3.25. The van der Waals surface area contributed by atoms with E-state index in [1.54, 1.807) is 26.8 Å². The Morgan fingerprint density at radius 3 is 2.27 bits per heavy atom. The van der Waals surface area contributed by atoms with E-state index in [1.807, 2.05) is 30.3 Å². The summed E-state index contributed by atoms with van der Waals surface area (Å²) in [5.41, 5.74) is 0.741. The maximum absolute atomic E-state index is 13.8. The van der Waals surface area contributed by atoms with Crippen LogP contribution in [0.4, 0.5) is 4.39 Å². The predicted octanol–water partition coefficient (Wildman–Crippen LogP) is 5.36. The summed E-state index contributed by atoms with van der Waals surface area (Å²) in [7, 11) is -2.27. The smallest absolute Gasteiger partial charge is 0.474 e. The van der Waals surface area contributed by atoms with Crippen LogP contribution in [-0.4, -0.2) is 58.4 Å². The van der Waals surface area contributed by atoms with Gasteiger partial charge in [-0.3, -0.25) is 13.6 Å². The Labute approximate surface area is 217 Å². The lowest BCUT2D eigenvalue weighted by molar-refractivity contribution is -0.0841. The maximum Gasteiger partial charge on any atom is 0.474 e. The van der Waals surface area contributed by atoms with Gasteiger partial charge in [0.2, 0.25) is 5.72 Å². The van der Waals surface area contributed by atoms with E-state index in [-0.39, 0.29) is 38.0 Å². The molecule has 0 saturated heterocycles. The van der Waals surface area contributed by atoms with Gasteiger partial charge in [0.15, 0.2) is 17.5 Å². The number of hydrogen-bond donors (Lipinski definition) is 0. The molecule has 37 heavy (non-hydrogen) atoms. The third kappa shape index (κ3) is 8.79. The first kappa shape index (κ1) is 29.1. The van der Waals surface area contributed by atoms with Crippen molar-refractivity contribution >= 4 is 13.7 Å². The minimum atomic E-state index is -3.71. The Morgan fingerprint density at radius 2 is 1.68 bits per heavy atom. The van der Waals surface area contributed by atoms with Gasteiger partial charge in [-0.25, -0.2) is 13.9 Å². The topological polar surface area (TPSA) is 94.0 Å². The van der Waals surface area contributed by atoms with Crippen molar-refractivity contribution in [3.05, 3.63) is 59.4 Å². The molecule has 0 bridgehead atoms. The number of rotatable bonds is 16. The van der Waals surface area contributed by atoms with Crippen LogP contribution in [0.15, 0.2) is 47.5 Å². The van der Waals surface area contributed by atoms with Crippen molar-refractivity contribution < 1.29 is 41.5 Å². The Balaban J connectivity index is 1.47. The minimum Gasteiger partial charge on any atom is -0.494 e. The molecule has 0 amide bonds. The van der Waals surface area contributed by atoms with Gasteiger partial charge in [0.1, 0.15) is 19.0 Å². The number of halogens is 1. The summed E-state index contributed by atoms with van der Waals surface area (Å²) in [6, 6.07) is 12.5. The maximum atomic E-state index is 13.8. The molecule has 1 atom stereocenters. The highest BCUT2D eigenvalue weighted by Gasteiger charge is 2.40. The molecule has 9 nitrogen and oxygen atoms in total. The fourth-order valence-corrected chi connectivity index (χ4v) is 4.85. The lowest BCUT2D eigenvalue weighted by atomic mass is 10.1. The first-order valence-electron chi connectivity index (χ1n) is 12.2. The van der Waals surface area contributed by atoms with Crippen molar-refractivity contribution in [2.24, 2.45) is 4.99 Å². The molecule has 0 radical (unpaired) electrons. The lowest BCUT2D eigenvalue weighted by Gasteiger charge is -2.26. The summed E-state index contributed by atoms with van der Waals surface area (Å²) in [5, 5.41) is 0. The standard InChI is InChI=1S/C26H35FNO8P/c1-5-34-37(29,35-6-2)36-19-26(18-32-20(3)28-26)33-16-14-21-7-10-23(11-8-21)31-15-13-22-9-12-25(30-4)24(27)17-22/h7-12,17H,5-6,13-16,18-19H2,1-4H3. The Morgan fingerprint density at radius 1 is 1.00 bits per heavy atom. The normalized spacial score (nSPS) is 17.4. The van der Waals surface area contributed by atoms with Crippen LogP contribution >= 0.6 is 7.82 Å². The first-order chi connectivity index (χ1) is 17.8. The molecule has 11 heteroatoms. The van der Waals surface area contributed by atoms with Crippen LogP contribution in [-0.2, 0) is 40.5 Å². The van der Waals surface area contributed by atoms with Crippen molar-refractivity contribution in [1.29, 1.82) is 0 Å². The zero-order valence-corrected chi connectivity index (χ0v) is 22.6. The van der Waals surface area contributed by atoms with E-state index < -0.39 is 13.5 Å². The van der Waals surface area contributed by atoms with Gasteiger partial charge in [0.05, 0.1) is 33.5 Å². The van der Waals surface area contributed by atoms with Gasteiger partial charge < -0.3 is 18.9 Å². The Bertz CT molecular complexity index is 1070. The number of benzene rings is 2. The molecule has 2 aromatic rings. The fraction of sp³-hybridized carbons (Fsp3) is 0.500. The van der Waals surface area contributed by atoms with Crippen LogP contribution < -0.4 is 9.47 Å². The molecule has 0 saturated carbocycles. The van der Waals surface area contributed by atoms with Gasteiger partial charge in [0.25, 0.3) is 0 Å². The van der Waals surface area contributed by atoms with Crippen LogP contribution in [0.5, 0.6) is 11.5 Å². The number of hydrogen-bond acceptors (Lipinski definition) is 9. The first-order valence-corrected chi connectivity index (χ1v) is 13.7. The van der Waals surface area contributed by atoms with E-state index >= 15 is 0 Å². The Kier molecular flexibility index (Phi) is 10.9. The molecule has 1 aliphatic heterocycles. The SMILES string of the molecule is CCOP(=O)(OCC)OCC1(OCCc2ccc(OCCc3ccc(OC)c(F)c3)cc2)COC(C)=N1. The zero-order chi connectivity index (χ0) is 26.7. The second kappa shape index (κ2) is 13.9. The number of methoxy groups -OCH3 is 1. The van der Waals surface area contributed by atoms with E-state index in [1.165, 1.54) is 13.2 Å². The molecule has 204 valence electrons. The number of aliphatic imine (C=N–C) groups is 1. The van der Waals surface area contributed by atoms with E-state index in [4.69, 9.17) is 32.5 Å². The van der Waals surface area contributed by atoms with Crippen LogP contribution in [0, 0.1) is 5.82 Å². The molecule has 0 aromatic heterocycles. The zero-order valence-electron chi connectivity index (χ0n) is 21.7. The van der Waals surface area contributed by atoms with E-state index in [9.17, 15) is 8.96 Å². The third-order valence-electron chi connectivity index (χ3n) is 5.45. The second-order valence-corrected chi connectivity index (χ2v) is 9.90. The molecule has 0 fully saturated rings. The van der Waals surface area contributed by atoms with E-state index in [2.05, 4.69) is 4.99 Å². The summed E-state index contributed by atoms with van der Waals surface area (Å²) in [6.07, 6.45) is 1.18. The highest BCUT2D eigenvalue weighted by molar-refractivity contribution is 7.48. The summed E-state index contributed by atoms with van der Waals surface area (Å²) < 4.78 is 64.6. The van der Waals surface area contributed by atoms with Gasteiger partial charge in [-0.1, -0.05) is 18.2 Å². The van der Waals surface area contributed by atoms with Crippen molar-refractivity contribution in [2.45, 2.75) is 39.3 Å². The molecule has 2 aromatic carbocycles. The molecular weight excluding hydrogens is 504 g/mol. The van der Waals surface area contributed by atoms with Crippen LogP contribution in [0.25, 0.3) is 0 Å². The van der Waals surface area contributed by atoms with Gasteiger partial charge in [-0.05, 0) is 55.7 Å². The minimum absolute atomic E-state index is 0.132. The van der Waals surface area contributed by atoms with Gasteiger partial charge in [0, 0.05) is 13.3 Å². The number of phosphoric acid groups is 1. The van der Waals surface area contributed by atoms with Gasteiger partial charge >= 0.3 is 7.82 Å². The van der Waals surface area contributed by atoms with Crippen molar-refractivity contribution in [3.63, 3.8) is 0 Å². The molecule has 0 aliphatic carbocycles. The predicted molar refractivity (Wildman–Crippen MR) is 137 cm³/mol. The Hall–Kier alpha value is -2.49. The van der Waals surface area contributed by atoms with Crippen molar-refractivity contribution in [1.82, 2.24) is 0 Å². The average molecular weight is 540 g/mol. The highest BCUT2D eigenvalue weighted by Crippen LogP contribution is 2.50. The van der Waals surface area contributed by atoms with Gasteiger partial charge in [-0.2, -0.15) is 0 Å². The molecule has 0 spiro atoms. The van der Waals surface area contributed by atoms with Crippen LogP contribution in [0.1, 0.15) is 31.9 Å². The summed E-state index contributed by atoms with van der Waals surface area (Å²) in [5.74, 6) is 1.02. The lowest BCUT2D eigenvalue weighted by Crippen LogP contribution is -2.38. The molecule has 0 N–H and O–H groups in total. The molecular formula is C26H35FNO8P. The molecule has 1 heterocycles. The summed E-state index contributed by atoms with van der Waals surface area (Å²) in [4.78, 5) is 4.43. The third-order valence-corrected chi connectivity index (χ3v) is 7.05. The quantitative estimate of drug-likeness (QED) is 0.263.